The van der Waals surface area contributed by atoms with Crippen LogP contribution in [0.25, 0.3) is 0 Å². The topological polar surface area (TPSA) is 0 Å². The lowest BCUT2D eigenvalue weighted by molar-refractivity contribution is 0.249. The molecule has 1 fully saturated rings. The van der Waals surface area contributed by atoms with Crippen LogP contribution in [0.1, 0.15) is 54.4 Å². The molecule has 0 aromatic carbocycles. The van der Waals surface area contributed by atoms with Crippen LogP contribution in [0, 0.1) is 35.5 Å². The summed E-state index contributed by atoms with van der Waals surface area (Å²) in [6.07, 6.45) is 2.99. The Bertz CT molecular complexity index is 159. The van der Waals surface area contributed by atoms with Crippen LogP contribution in [0.2, 0.25) is 0 Å². The van der Waals surface area contributed by atoms with E-state index in [1.54, 1.807) is 0 Å². The van der Waals surface area contributed by atoms with Gasteiger partial charge < -0.3 is 0 Å². The van der Waals surface area contributed by atoms with Gasteiger partial charge in [-0.25, -0.2) is 0 Å². The van der Waals surface area contributed by atoms with Crippen molar-refractivity contribution in [3.63, 3.8) is 0 Å². The molecule has 0 heterocycles. The average Bonchev–Trinajstić information content (AvgIpc) is 2.77. The van der Waals surface area contributed by atoms with Crippen molar-refractivity contribution in [1.29, 1.82) is 0 Å². The first-order chi connectivity index (χ1) is 6.43. The molecule has 1 rings (SSSR count). The molecule has 0 aromatic rings. The molecule has 1 saturated carbocycles. The summed E-state index contributed by atoms with van der Waals surface area (Å²) in [5.74, 6) is 5.70. The van der Waals surface area contributed by atoms with Gasteiger partial charge in [0, 0.05) is 0 Å². The van der Waals surface area contributed by atoms with E-state index >= 15 is 0 Å². The number of rotatable bonds is 5. The molecular weight excluding hydrogens is 168 g/mol. The SMILES string of the molecule is CC(C)C(CC1CC1C(C)C)C(C)C. The van der Waals surface area contributed by atoms with E-state index in [-0.39, 0.29) is 0 Å². The van der Waals surface area contributed by atoms with Crippen molar-refractivity contribution < 1.29 is 0 Å². The Hall–Kier alpha value is 0. The fourth-order valence-corrected chi connectivity index (χ4v) is 3.02. The van der Waals surface area contributed by atoms with Gasteiger partial charge in [0.2, 0.25) is 0 Å². The second-order valence-corrected chi connectivity index (χ2v) is 6.29. The van der Waals surface area contributed by atoms with Gasteiger partial charge in [0.25, 0.3) is 0 Å². The zero-order valence-corrected chi connectivity index (χ0v) is 10.9. The summed E-state index contributed by atoms with van der Waals surface area (Å²) in [5.41, 5.74) is 0. The van der Waals surface area contributed by atoms with E-state index in [0.29, 0.717) is 0 Å². The van der Waals surface area contributed by atoms with E-state index in [0.717, 1.165) is 35.5 Å². The van der Waals surface area contributed by atoms with Gasteiger partial charge in [-0.15, -0.1) is 0 Å². The Morgan fingerprint density at radius 3 is 1.71 bits per heavy atom. The number of hydrogen-bond acceptors (Lipinski definition) is 0. The second kappa shape index (κ2) is 4.68. The van der Waals surface area contributed by atoms with Crippen molar-refractivity contribution in [2.24, 2.45) is 35.5 Å². The minimum Gasteiger partial charge on any atom is -0.0625 e. The Balaban J connectivity index is 2.36. The minimum absolute atomic E-state index is 0.864. The van der Waals surface area contributed by atoms with Gasteiger partial charge in [0.15, 0.2) is 0 Å². The predicted molar refractivity (Wildman–Crippen MR) is 64.2 cm³/mol. The quantitative estimate of drug-likeness (QED) is 0.603. The molecule has 2 unspecified atom stereocenters. The first-order valence-electron chi connectivity index (χ1n) is 6.43. The highest BCUT2D eigenvalue weighted by atomic mass is 14.5. The van der Waals surface area contributed by atoms with Crippen LogP contribution in [0.3, 0.4) is 0 Å². The molecule has 1 aliphatic rings. The van der Waals surface area contributed by atoms with Crippen LogP contribution in [0.4, 0.5) is 0 Å². The Labute approximate surface area is 90.5 Å². The van der Waals surface area contributed by atoms with Crippen LogP contribution in [0.15, 0.2) is 0 Å². The zero-order chi connectivity index (χ0) is 10.9. The van der Waals surface area contributed by atoms with Gasteiger partial charge in [-0.3, -0.25) is 0 Å². The summed E-state index contributed by atoms with van der Waals surface area (Å²) in [5, 5.41) is 0. The lowest BCUT2D eigenvalue weighted by Gasteiger charge is -2.25. The molecule has 0 radical (unpaired) electrons. The monoisotopic (exact) mass is 196 g/mol. The average molecular weight is 196 g/mol. The molecule has 0 aromatic heterocycles. The van der Waals surface area contributed by atoms with Gasteiger partial charge in [0.1, 0.15) is 0 Å². The Morgan fingerprint density at radius 2 is 1.43 bits per heavy atom. The van der Waals surface area contributed by atoms with E-state index in [9.17, 15) is 0 Å². The second-order valence-electron chi connectivity index (χ2n) is 6.29. The molecular formula is C14H28. The third-order valence-corrected chi connectivity index (χ3v) is 4.12. The maximum Gasteiger partial charge on any atom is -0.0360 e. The number of hydrogen-bond donors (Lipinski definition) is 0. The van der Waals surface area contributed by atoms with E-state index < -0.39 is 0 Å². The molecule has 0 bridgehead atoms. The Kier molecular flexibility index (Phi) is 4.04. The Morgan fingerprint density at radius 1 is 0.929 bits per heavy atom. The lowest BCUT2D eigenvalue weighted by Crippen LogP contribution is -2.16. The molecule has 84 valence electrons. The predicted octanol–water partition coefficient (Wildman–Crippen LogP) is 4.60. The van der Waals surface area contributed by atoms with Gasteiger partial charge in [0.05, 0.1) is 0 Å². The van der Waals surface area contributed by atoms with Crippen LogP contribution < -0.4 is 0 Å². The van der Waals surface area contributed by atoms with Crippen molar-refractivity contribution in [3.05, 3.63) is 0 Å². The molecule has 0 aliphatic heterocycles. The van der Waals surface area contributed by atoms with Crippen LogP contribution in [0.5, 0.6) is 0 Å². The smallest absolute Gasteiger partial charge is 0.0360 e. The summed E-state index contributed by atoms with van der Waals surface area (Å²) < 4.78 is 0. The van der Waals surface area contributed by atoms with E-state index in [1.807, 2.05) is 0 Å². The summed E-state index contributed by atoms with van der Waals surface area (Å²) in [7, 11) is 0. The van der Waals surface area contributed by atoms with Gasteiger partial charge in [-0.05, 0) is 48.3 Å². The van der Waals surface area contributed by atoms with Crippen molar-refractivity contribution in [1.82, 2.24) is 0 Å². The van der Waals surface area contributed by atoms with E-state index in [4.69, 9.17) is 0 Å². The summed E-state index contributed by atoms with van der Waals surface area (Å²) >= 11 is 0. The highest BCUT2D eigenvalue weighted by Crippen LogP contribution is 2.49. The van der Waals surface area contributed by atoms with Crippen LogP contribution in [-0.4, -0.2) is 0 Å². The summed E-state index contributed by atoms with van der Waals surface area (Å²) in [6, 6.07) is 0. The lowest BCUT2D eigenvalue weighted by atomic mass is 9.81. The van der Waals surface area contributed by atoms with Gasteiger partial charge >= 0.3 is 0 Å². The van der Waals surface area contributed by atoms with Gasteiger partial charge in [-0.2, -0.15) is 0 Å². The summed E-state index contributed by atoms with van der Waals surface area (Å²) in [6.45, 7) is 14.3. The van der Waals surface area contributed by atoms with Crippen molar-refractivity contribution in [3.8, 4) is 0 Å². The highest BCUT2D eigenvalue weighted by molar-refractivity contribution is 4.90. The fourth-order valence-electron chi connectivity index (χ4n) is 3.02. The van der Waals surface area contributed by atoms with Crippen molar-refractivity contribution in [2.75, 3.05) is 0 Å². The fraction of sp³-hybridized carbons (Fsp3) is 1.00. The molecule has 0 heteroatoms. The van der Waals surface area contributed by atoms with E-state index in [1.165, 1.54) is 12.8 Å². The maximum absolute atomic E-state index is 2.39. The third-order valence-electron chi connectivity index (χ3n) is 4.12. The first-order valence-corrected chi connectivity index (χ1v) is 6.43. The molecule has 0 saturated heterocycles. The molecule has 14 heavy (non-hydrogen) atoms. The molecule has 0 spiro atoms. The van der Waals surface area contributed by atoms with E-state index in [2.05, 4.69) is 41.5 Å². The minimum atomic E-state index is 0.864. The molecule has 0 nitrogen and oxygen atoms in total. The normalized spacial score (nSPS) is 27.0. The van der Waals surface area contributed by atoms with Crippen LogP contribution in [-0.2, 0) is 0 Å². The molecule has 0 amide bonds. The van der Waals surface area contributed by atoms with Gasteiger partial charge in [-0.1, -0.05) is 41.5 Å². The first kappa shape index (κ1) is 12.1. The third kappa shape index (κ3) is 3.00. The van der Waals surface area contributed by atoms with Crippen molar-refractivity contribution in [2.45, 2.75) is 54.4 Å². The van der Waals surface area contributed by atoms with Crippen LogP contribution >= 0.6 is 0 Å². The summed E-state index contributed by atoms with van der Waals surface area (Å²) in [4.78, 5) is 0. The standard InChI is InChI=1S/C14H28/c1-9(2)13(10(3)4)7-12-8-14(12)11(5)6/h9-14H,7-8H2,1-6H3. The largest absolute Gasteiger partial charge is 0.0625 e. The molecule has 2 atom stereocenters. The highest BCUT2D eigenvalue weighted by Gasteiger charge is 2.40. The molecule has 1 aliphatic carbocycles. The maximum atomic E-state index is 2.39. The zero-order valence-electron chi connectivity index (χ0n) is 10.9. The molecule has 0 N–H and O–H groups in total. The van der Waals surface area contributed by atoms with Crippen molar-refractivity contribution >= 4 is 0 Å².